The van der Waals surface area contributed by atoms with Crippen LogP contribution >= 0.6 is 12.4 Å². The standard InChI is InChI=1S/C18H19N5O3.ClH/c1-19-16-9-6-13(10-14(16)11-22(2)3)18-21-20-17(26-18)12-4-7-15(8-5-12)23(24)25;/h4-10,19H,11H2,1-3H3;1H. The van der Waals surface area contributed by atoms with E-state index in [4.69, 9.17) is 4.42 Å². The number of nitrogens with one attached hydrogen (secondary N) is 1. The zero-order chi connectivity index (χ0) is 18.7. The Bertz CT molecular complexity index is 925. The highest BCUT2D eigenvalue weighted by atomic mass is 35.5. The number of hydrogen-bond donors (Lipinski definition) is 1. The second-order valence-electron chi connectivity index (χ2n) is 6.08. The molecule has 0 aliphatic heterocycles. The van der Waals surface area contributed by atoms with Gasteiger partial charge in [0.05, 0.1) is 4.92 Å². The number of nitro groups is 1. The van der Waals surface area contributed by atoms with E-state index >= 15 is 0 Å². The van der Waals surface area contributed by atoms with Crippen LogP contribution in [0.3, 0.4) is 0 Å². The average Bonchev–Trinajstić information content (AvgIpc) is 3.11. The van der Waals surface area contributed by atoms with Crippen LogP contribution in [-0.4, -0.2) is 41.2 Å². The van der Waals surface area contributed by atoms with Gasteiger partial charge in [-0.15, -0.1) is 22.6 Å². The average molecular weight is 390 g/mol. The molecule has 1 aromatic heterocycles. The smallest absolute Gasteiger partial charge is 0.269 e. The van der Waals surface area contributed by atoms with Crippen molar-refractivity contribution in [2.75, 3.05) is 26.5 Å². The third kappa shape index (κ3) is 4.60. The van der Waals surface area contributed by atoms with Crippen LogP contribution in [0.1, 0.15) is 5.56 Å². The molecule has 0 radical (unpaired) electrons. The molecule has 0 saturated heterocycles. The first-order valence-corrected chi connectivity index (χ1v) is 8.02. The number of hydrogen-bond acceptors (Lipinski definition) is 7. The summed E-state index contributed by atoms with van der Waals surface area (Å²) in [5.74, 6) is 0.725. The van der Waals surface area contributed by atoms with Crippen LogP contribution < -0.4 is 5.32 Å². The minimum absolute atomic E-state index is 0. The highest BCUT2D eigenvalue weighted by molar-refractivity contribution is 5.85. The van der Waals surface area contributed by atoms with Crippen molar-refractivity contribution >= 4 is 23.8 Å². The van der Waals surface area contributed by atoms with Gasteiger partial charge in [-0.1, -0.05) is 0 Å². The summed E-state index contributed by atoms with van der Waals surface area (Å²) in [6, 6.07) is 11.9. The molecular weight excluding hydrogens is 370 g/mol. The normalized spacial score (nSPS) is 10.5. The number of nitro benzene ring substituents is 1. The maximum Gasteiger partial charge on any atom is 0.269 e. The zero-order valence-electron chi connectivity index (χ0n) is 15.2. The highest BCUT2D eigenvalue weighted by Gasteiger charge is 2.14. The first kappa shape index (κ1) is 20.3. The molecule has 27 heavy (non-hydrogen) atoms. The highest BCUT2D eigenvalue weighted by Crippen LogP contribution is 2.28. The molecule has 0 aliphatic rings. The predicted molar refractivity (Wildman–Crippen MR) is 106 cm³/mol. The summed E-state index contributed by atoms with van der Waals surface area (Å²) in [5, 5.41) is 22.1. The molecule has 0 atom stereocenters. The molecule has 3 rings (SSSR count). The Kier molecular flexibility index (Phi) is 6.49. The lowest BCUT2D eigenvalue weighted by atomic mass is 10.1. The van der Waals surface area contributed by atoms with Crippen LogP contribution in [0.2, 0.25) is 0 Å². The molecule has 2 aromatic carbocycles. The molecule has 3 aromatic rings. The quantitative estimate of drug-likeness (QED) is 0.505. The lowest BCUT2D eigenvalue weighted by Crippen LogP contribution is -2.12. The fraction of sp³-hybridized carbons (Fsp3) is 0.222. The second-order valence-corrected chi connectivity index (χ2v) is 6.08. The molecule has 0 fully saturated rings. The number of anilines is 1. The number of halogens is 1. The predicted octanol–water partition coefficient (Wildman–Crippen LogP) is 3.84. The minimum Gasteiger partial charge on any atom is -0.416 e. The van der Waals surface area contributed by atoms with E-state index in [-0.39, 0.29) is 18.1 Å². The summed E-state index contributed by atoms with van der Waals surface area (Å²) >= 11 is 0. The van der Waals surface area contributed by atoms with Crippen LogP contribution in [0.25, 0.3) is 22.9 Å². The van der Waals surface area contributed by atoms with E-state index in [9.17, 15) is 10.1 Å². The van der Waals surface area contributed by atoms with Crippen molar-refractivity contribution in [2.45, 2.75) is 6.54 Å². The van der Waals surface area contributed by atoms with E-state index in [1.165, 1.54) is 12.1 Å². The van der Waals surface area contributed by atoms with Crippen molar-refractivity contribution < 1.29 is 9.34 Å². The molecule has 0 aliphatic carbocycles. The van der Waals surface area contributed by atoms with E-state index in [1.807, 2.05) is 39.3 Å². The van der Waals surface area contributed by atoms with Crippen LogP contribution in [0.4, 0.5) is 11.4 Å². The number of non-ortho nitro benzene ring substituents is 1. The lowest BCUT2D eigenvalue weighted by Gasteiger charge is -2.14. The molecule has 0 amide bonds. The van der Waals surface area contributed by atoms with Gasteiger partial charge in [0.15, 0.2) is 0 Å². The summed E-state index contributed by atoms with van der Waals surface area (Å²) in [4.78, 5) is 12.4. The maximum absolute atomic E-state index is 10.7. The van der Waals surface area contributed by atoms with Crippen LogP contribution in [0, 0.1) is 10.1 Å². The van der Waals surface area contributed by atoms with Crippen LogP contribution in [-0.2, 0) is 6.54 Å². The van der Waals surface area contributed by atoms with Gasteiger partial charge in [0.1, 0.15) is 0 Å². The summed E-state index contributed by atoms with van der Waals surface area (Å²) in [5.41, 5.74) is 3.63. The van der Waals surface area contributed by atoms with E-state index < -0.39 is 4.92 Å². The topological polar surface area (TPSA) is 97.3 Å². The minimum atomic E-state index is -0.446. The maximum atomic E-state index is 10.7. The molecule has 0 unspecified atom stereocenters. The molecule has 142 valence electrons. The first-order valence-electron chi connectivity index (χ1n) is 8.02. The lowest BCUT2D eigenvalue weighted by molar-refractivity contribution is -0.384. The van der Waals surface area contributed by atoms with Gasteiger partial charge in [0, 0.05) is 42.5 Å². The Morgan fingerprint density at radius 2 is 1.67 bits per heavy atom. The van der Waals surface area contributed by atoms with Gasteiger partial charge in [-0.2, -0.15) is 0 Å². The van der Waals surface area contributed by atoms with Crippen LogP contribution in [0.5, 0.6) is 0 Å². The van der Waals surface area contributed by atoms with Gasteiger partial charge in [-0.3, -0.25) is 10.1 Å². The van der Waals surface area contributed by atoms with E-state index in [1.54, 1.807) is 12.1 Å². The van der Waals surface area contributed by atoms with E-state index in [0.29, 0.717) is 17.3 Å². The van der Waals surface area contributed by atoms with Crippen molar-refractivity contribution in [1.29, 1.82) is 0 Å². The number of benzene rings is 2. The SMILES string of the molecule is CNc1ccc(-c2nnc(-c3ccc([N+](=O)[O-])cc3)o2)cc1CN(C)C.Cl. The Hall–Kier alpha value is -2.97. The zero-order valence-corrected chi connectivity index (χ0v) is 16.0. The van der Waals surface area contributed by atoms with Crippen molar-refractivity contribution in [3.8, 4) is 22.9 Å². The number of nitrogens with zero attached hydrogens (tertiary/aromatic N) is 4. The molecule has 0 bridgehead atoms. The van der Waals surface area contributed by atoms with Gasteiger partial charge < -0.3 is 14.6 Å². The fourth-order valence-corrected chi connectivity index (χ4v) is 2.62. The molecule has 0 spiro atoms. The molecule has 9 heteroatoms. The largest absolute Gasteiger partial charge is 0.416 e. The third-order valence-electron chi connectivity index (χ3n) is 3.86. The van der Waals surface area contributed by atoms with Crippen molar-refractivity contribution in [3.63, 3.8) is 0 Å². The molecule has 1 N–H and O–H groups in total. The van der Waals surface area contributed by atoms with Crippen LogP contribution in [0.15, 0.2) is 46.9 Å². The molecular formula is C18H20ClN5O3. The summed E-state index contributed by atoms with van der Waals surface area (Å²) in [6.45, 7) is 0.771. The van der Waals surface area contributed by atoms with Crippen molar-refractivity contribution in [2.24, 2.45) is 0 Å². The number of rotatable bonds is 6. The first-order chi connectivity index (χ1) is 12.5. The Morgan fingerprint density at radius 1 is 1.07 bits per heavy atom. The third-order valence-corrected chi connectivity index (χ3v) is 3.86. The van der Waals surface area contributed by atoms with E-state index in [0.717, 1.165) is 23.4 Å². The van der Waals surface area contributed by atoms with Gasteiger partial charge in [-0.25, -0.2) is 0 Å². The van der Waals surface area contributed by atoms with Crippen molar-refractivity contribution in [3.05, 3.63) is 58.1 Å². The Balaban J connectivity index is 0.00000261. The monoisotopic (exact) mass is 389 g/mol. The second kappa shape index (κ2) is 8.61. The van der Waals surface area contributed by atoms with Gasteiger partial charge >= 0.3 is 0 Å². The van der Waals surface area contributed by atoms with Gasteiger partial charge in [-0.05, 0) is 50.0 Å². The Morgan fingerprint density at radius 3 is 2.22 bits per heavy atom. The number of aromatic nitrogens is 2. The molecule has 1 heterocycles. The molecule has 0 saturated carbocycles. The van der Waals surface area contributed by atoms with E-state index in [2.05, 4.69) is 20.4 Å². The Labute approximate surface area is 162 Å². The van der Waals surface area contributed by atoms with Crippen molar-refractivity contribution in [1.82, 2.24) is 15.1 Å². The molecule has 8 nitrogen and oxygen atoms in total. The summed E-state index contributed by atoms with van der Waals surface area (Å²) < 4.78 is 5.76. The van der Waals surface area contributed by atoms with Gasteiger partial charge in [0.25, 0.3) is 5.69 Å². The summed E-state index contributed by atoms with van der Waals surface area (Å²) in [7, 11) is 5.89. The summed E-state index contributed by atoms with van der Waals surface area (Å²) in [6.07, 6.45) is 0. The van der Waals surface area contributed by atoms with Gasteiger partial charge in [0.2, 0.25) is 11.8 Å². The fourth-order valence-electron chi connectivity index (χ4n) is 2.62.